The van der Waals surface area contributed by atoms with E-state index in [0.29, 0.717) is 24.2 Å². The summed E-state index contributed by atoms with van der Waals surface area (Å²) in [6.45, 7) is 4.47. The minimum atomic E-state index is -0.620. The lowest BCUT2D eigenvalue weighted by molar-refractivity contribution is -0.188. The number of ether oxygens (including phenoxy) is 1. The molecule has 4 aliphatic carbocycles. The largest absolute Gasteiger partial charge is 0.431 e. The molecule has 1 aromatic rings. The van der Waals surface area contributed by atoms with Gasteiger partial charge in [-0.3, -0.25) is 0 Å². The average Bonchev–Trinajstić information content (AvgIpc) is 3.41. The molecule has 1 aliphatic heterocycles. The van der Waals surface area contributed by atoms with Crippen molar-refractivity contribution in [2.24, 2.45) is 28.6 Å². The molecule has 5 aliphatic rings. The van der Waals surface area contributed by atoms with E-state index in [9.17, 15) is 20.1 Å². The molecular weight excluding hydrogens is 384 g/mol. The van der Waals surface area contributed by atoms with Crippen LogP contribution in [0.1, 0.15) is 63.9 Å². The molecule has 11 atom stereocenters. The first-order chi connectivity index (χ1) is 14.2. The van der Waals surface area contributed by atoms with Crippen LogP contribution < -0.4 is 5.63 Å². The van der Waals surface area contributed by atoms with Gasteiger partial charge in [0.15, 0.2) is 0 Å². The molecule has 1 spiro atoms. The summed E-state index contributed by atoms with van der Waals surface area (Å²) in [5.41, 5.74) is -0.326. The Morgan fingerprint density at radius 1 is 1.03 bits per heavy atom. The van der Waals surface area contributed by atoms with Crippen molar-refractivity contribution in [3.05, 3.63) is 34.4 Å². The lowest BCUT2D eigenvalue weighted by atomic mass is 9.43. The Hall–Kier alpha value is -1.21. The molecule has 0 amide bonds. The Morgan fingerprint density at radius 2 is 1.83 bits per heavy atom. The van der Waals surface area contributed by atoms with Gasteiger partial charge in [-0.05, 0) is 73.3 Å². The zero-order chi connectivity index (χ0) is 21.1. The van der Waals surface area contributed by atoms with Gasteiger partial charge in [0.2, 0.25) is 0 Å². The molecular formula is C24H32O6. The predicted molar refractivity (Wildman–Crippen MR) is 108 cm³/mol. The maximum atomic E-state index is 11.5. The molecule has 30 heavy (non-hydrogen) atoms. The van der Waals surface area contributed by atoms with E-state index in [0.717, 1.165) is 37.7 Å². The molecule has 6 nitrogen and oxygen atoms in total. The molecule has 0 aromatic carbocycles. The standard InChI is InChI=1S/C24H32O6/c1-22-8-7-15-16(5-4-13-9-14(25)10-17(26)23(13,15)2)24(22)21(30-24)20(28)19(22)12-3-6-18(27)29-11-12/h3,6,11,13-17,19-21,25-26,28H,4-5,7-10H2,1-2H3/t13-,14-,15+,16?,17-,19+,20-,21-,22-,23+,24?/m1/s1. The predicted octanol–water partition coefficient (Wildman–Crippen LogP) is 2.20. The Morgan fingerprint density at radius 3 is 2.57 bits per heavy atom. The van der Waals surface area contributed by atoms with Gasteiger partial charge in [-0.15, -0.1) is 0 Å². The molecule has 4 saturated carbocycles. The van der Waals surface area contributed by atoms with Crippen LogP contribution in [0.2, 0.25) is 0 Å². The molecule has 1 saturated heterocycles. The molecule has 2 heterocycles. The SMILES string of the molecule is C[C@]12[C@H](CCC3[C@@H]1CC[C@]1(C)[C@@H](c4ccc(=O)oc4)[C@@H](O)[C@H]4OC341)C[C@@H](O)C[C@H]2O. The lowest BCUT2D eigenvalue weighted by Crippen LogP contribution is -2.62. The van der Waals surface area contributed by atoms with Crippen molar-refractivity contribution in [1.29, 1.82) is 0 Å². The fourth-order valence-electron chi connectivity index (χ4n) is 8.87. The van der Waals surface area contributed by atoms with Crippen LogP contribution in [-0.2, 0) is 4.74 Å². The number of aliphatic hydroxyl groups excluding tert-OH is 3. The van der Waals surface area contributed by atoms with Crippen molar-refractivity contribution in [1.82, 2.24) is 0 Å². The fraction of sp³-hybridized carbons (Fsp3) is 0.792. The summed E-state index contributed by atoms with van der Waals surface area (Å²) in [6, 6.07) is 3.23. The maximum Gasteiger partial charge on any atom is 0.335 e. The van der Waals surface area contributed by atoms with Gasteiger partial charge in [0, 0.05) is 17.4 Å². The van der Waals surface area contributed by atoms with Crippen LogP contribution in [0.25, 0.3) is 0 Å². The van der Waals surface area contributed by atoms with Crippen LogP contribution in [0, 0.1) is 28.6 Å². The topological polar surface area (TPSA) is 103 Å². The van der Waals surface area contributed by atoms with Gasteiger partial charge in [0.05, 0.1) is 24.6 Å². The Bertz CT molecular complexity index is 908. The third-order valence-electron chi connectivity index (χ3n) is 10.3. The van der Waals surface area contributed by atoms with Crippen LogP contribution >= 0.6 is 0 Å². The van der Waals surface area contributed by atoms with Gasteiger partial charge < -0.3 is 24.5 Å². The van der Waals surface area contributed by atoms with Crippen molar-refractivity contribution in [2.75, 3.05) is 0 Å². The second-order valence-electron chi connectivity index (χ2n) is 11.1. The van der Waals surface area contributed by atoms with Crippen molar-refractivity contribution < 1.29 is 24.5 Å². The van der Waals surface area contributed by atoms with Gasteiger partial charge in [-0.1, -0.05) is 13.8 Å². The van der Waals surface area contributed by atoms with E-state index in [4.69, 9.17) is 9.15 Å². The van der Waals surface area contributed by atoms with Crippen molar-refractivity contribution in [3.8, 4) is 0 Å². The molecule has 2 unspecified atom stereocenters. The third kappa shape index (κ3) is 2.11. The number of rotatable bonds is 1. The van der Waals surface area contributed by atoms with E-state index in [1.807, 2.05) is 0 Å². The van der Waals surface area contributed by atoms with Gasteiger partial charge in [-0.2, -0.15) is 0 Å². The van der Waals surface area contributed by atoms with Crippen LogP contribution in [0.4, 0.5) is 0 Å². The number of fused-ring (bicyclic) bond motifs is 3. The Labute approximate surface area is 176 Å². The number of hydrogen-bond acceptors (Lipinski definition) is 6. The normalized spacial score (nSPS) is 56.4. The quantitative estimate of drug-likeness (QED) is 0.607. The van der Waals surface area contributed by atoms with Crippen LogP contribution in [0.5, 0.6) is 0 Å². The van der Waals surface area contributed by atoms with Crippen molar-refractivity contribution in [3.63, 3.8) is 0 Å². The summed E-state index contributed by atoms with van der Waals surface area (Å²) in [4.78, 5) is 11.5. The number of aliphatic hydroxyl groups is 3. The summed E-state index contributed by atoms with van der Waals surface area (Å²) < 4.78 is 11.6. The second-order valence-corrected chi connectivity index (χ2v) is 11.1. The van der Waals surface area contributed by atoms with E-state index >= 15 is 0 Å². The van der Waals surface area contributed by atoms with E-state index in [2.05, 4.69) is 13.8 Å². The van der Waals surface area contributed by atoms with Crippen LogP contribution in [0.3, 0.4) is 0 Å². The number of hydrogen-bond donors (Lipinski definition) is 3. The second kappa shape index (κ2) is 5.97. The molecule has 6 heteroatoms. The first-order valence-electron chi connectivity index (χ1n) is 11.5. The van der Waals surface area contributed by atoms with Gasteiger partial charge in [-0.25, -0.2) is 4.79 Å². The highest BCUT2D eigenvalue weighted by Crippen LogP contribution is 2.77. The highest BCUT2D eigenvalue weighted by molar-refractivity contribution is 5.38. The molecule has 164 valence electrons. The molecule has 1 aromatic heterocycles. The first-order valence-corrected chi connectivity index (χ1v) is 11.5. The minimum Gasteiger partial charge on any atom is -0.431 e. The Kier molecular flexibility index (Phi) is 3.88. The minimum absolute atomic E-state index is 0.120. The fourth-order valence-corrected chi connectivity index (χ4v) is 8.87. The van der Waals surface area contributed by atoms with Crippen molar-refractivity contribution in [2.45, 2.75) is 88.3 Å². The smallest absolute Gasteiger partial charge is 0.335 e. The van der Waals surface area contributed by atoms with Gasteiger partial charge >= 0.3 is 5.63 Å². The summed E-state index contributed by atoms with van der Waals surface area (Å²) >= 11 is 0. The monoisotopic (exact) mass is 416 g/mol. The van der Waals surface area contributed by atoms with E-state index in [1.165, 1.54) is 12.3 Å². The summed E-state index contributed by atoms with van der Waals surface area (Å²) in [5.74, 6) is 0.838. The zero-order valence-electron chi connectivity index (χ0n) is 17.7. The van der Waals surface area contributed by atoms with E-state index in [-0.39, 0.29) is 34.1 Å². The summed E-state index contributed by atoms with van der Waals surface area (Å²) in [6.07, 6.45) is 4.92. The molecule has 0 bridgehead atoms. The van der Waals surface area contributed by atoms with Crippen molar-refractivity contribution >= 4 is 0 Å². The van der Waals surface area contributed by atoms with E-state index in [1.54, 1.807) is 6.07 Å². The zero-order valence-corrected chi connectivity index (χ0v) is 17.7. The van der Waals surface area contributed by atoms with Crippen LogP contribution in [0.15, 0.2) is 27.6 Å². The Balaban J connectivity index is 1.40. The first kappa shape index (κ1) is 19.5. The lowest BCUT2D eigenvalue weighted by Gasteiger charge is -2.62. The third-order valence-corrected chi connectivity index (χ3v) is 10.3. The average molecular weight is 417 g/mol. The van der Waals surface area contributed by atoms with Gasteiger partial charge in [0.25, 0.3) is 0 Å². The van der Waals surface area contributed by atoms with E-state index < -0.39 is 18.3 Å². The highest BCUT2D eigenvalue weighted by atomic mass is 16.6. The number of epoxide rings is 1. The molecule has 3 N–H and O–H groups in total. The summed E-state index contributed by atoms with van der Waals surface area (Å²) in [5, 5.41) is 32.6. The summed E-state index contributed by atoms with van der Waals surface area (Å²) in [7, 11) is 0. The highest BCUT2D eigenvalue weighted by Gasteiger charge is 2.84. The molecule has 0 radical (unpaired) electrons. The molecule has 5 fully saturated rings. The molecule has 6 rings (SSSR count). The van der Waals surface area contributed by atoms with Crippen LogP contribution in [-0.4, -0.2) is 45.3 Å². The van der Waals surface area contributed by atoms with Gasteiger partial charge in [0.1, 0.15) is 11.7 Å². The maximum absolute atomic E-state index is 11.5.